The SMILES string of the molecule is CC(=Nc1ccc(C)cc1C)c1cccc(C(C)=Nc2ccc(C)cc2C)n1.CC(=Nc1ccc(C)cc1C)c1cccc(C(C)=Nc2ccc(C)cc2C)n1.[Co].[Co].[O-]c1c([O-])c2ccccc2c2ccccc12. The van der Waals surface area contributed by atoms with E-state index in [0.29, 0.717) is 10.8 Å². The molecular formula is C64H62Co2N6O2-2. The van der Waals surface area contributed by atoms with Crippen LogP contribution < -0.4 is 10.2 Å². The van der Waals surface area contributed by atoms with Crippen molar-refractivity contribution in [2.45, 2.75) is 83.1 Å². The molecule has 0 amide bonds. The molecule has 9 aromatic rings. The van der Waals surface area contributed by atoms with Crippen LogP contribution in [0.25, 0.3) is 21.5 Å². The second-order valence-electron chi connectivity index (χ2n) is 18.5. The van der Waals surface area contributed by atoms with Crippen LogP contribution in [0.2, 0.25) is 0 Å². The third-order valence-electron chi connectivity index (χ3n) is 12.4. The van der Waals surface area contributed by atoms with Crippen LogP contribution >= 0.6 is 0 Å². The largest absolute Gasteiger partial charge is 0.872 e. The summed E-state index contributed by atoms with van der Waals surface area (Å²) in [6, 6.07) is 51.6. The van der Waals surface area contributed by atoms with Crippen LogP contribution in [-0.4, -0.2) is 32.8 Å². The number of hydrogen-bond acceptors (Lipinski definition) is 8. The van der Waals surface area contributed by atoms with E-state index in [-0.39, 0.29) is 33.6 Å². The molecule has 0 atom stereocenters. The number of hydrogen-bond donors (Lipinski definition) is 0. The van der Waals surface area contributed by atoms with E-state index in [1.807, 2.05) is 88.4 Å². The first-order valence-electron chi connectivity index (χ1n) is 24.2. The first-order chi connectivity index (χ1) is 34.4. The second-order valence-corrected chi connectivity index (χ2v) is 18.5. The number of aromatic nitrogens is 2. The van der Waals surface area contributed by atoms with Crippen LogP contribution in [0, 0.1) is 55.4 Å². The molecular weight excluding hydrogens is 1000 g/mol. The van der Waals surface area contributed by atoms with E-state index in [0.717, 1.165) is 79.1 Å². The molecule has 0 unspecified atom stereocenters. The second kappa shape index (κ2) is 26.0. The van der Waals surface area contributed by atoms with Gasteiger partial charge in [0.25, 0.3) is 0 Å². The van der Waals surface area contributed by atoms with E-state index >= 15 is 0 Å². The predicted octanol–water partition coefficient (Wildman–Crippen LogP) is 15.3. The van der Waals surface area contributed by atoms with Crippen molar-refractivity contribution >= 4 is 67.1 Å². The van der Waals surface area contributed by atoms with Gasteiger partial charge < -0.3 is 10.2 Å². The van der Waals surface area contributed by atoms with E-state index in [2.05, 4.69) is 128 Å². The number of aryl methyl sites for hydroxylation is 8. The summed E-state index contributed by atoms with van der Waals surface area (Å²) in [5.74, 6) is -0.816. The minimum absolute atomic E-state index is 0. The van der Waals surface area contributed by atoms with Gasteiger partial charge in [-0.05, 0) is 175 Å². The van der Waals surface area contributed by atoms with Crippen LogP contribution in [0.4, 0.5) is 22.7 Å². The fourth-order valence-electron chi connectivity index (χ4n) is 8.43. The van der Waals surface area contributed by atoms with Gasteiger partial charge >= 0.3 is 0 Å². The summed E-state index contributed by atoms with van der Waals surface area (Å²) in [6.45, 7) is 24.7. The predicted molar refractivity (Wildman–Crippen MR) is 300 cm³/mol. The van der Waals surface area contributed by atoms with Gasteiger partial charge in [0, 0.05) is 33.6 Å². The Balaban J connectivity index is 0.000000210. The van der Waals surface area contributed by atoms with Gasteiger partial charge in [-0.2, -0.15) is 0 Å². The van der Waals surface area contributed by atoms with Gasteiger partial charge in [0.15, 0.2) is 0 Å². The van der Waals surface area contributed by atoms with E-state index in [1.54, 1.807) is 24.3 Å². The normalized spacial score (nSPS) is 11.7. The van der Waals surface area contributed by atoms with Gasteiger partial charge in [0.2, 0.25) is 0 Å². The minimum atomic E-state index is -0.408. The van der Waals surface area contributed by atoms with Crippen molar-refractivity contribution in [3.8, 4) is 11.5 Å². The number of pyridine rings is 2. The summed E-state index contributed by atoms with van der Waals surface area (Å²) in [5.41, 5.74) is 20.6. The van der Waals surface area contributed by atoms with Gasteiger partial charge in [-0.15, -0.1) is 11.5 Å². The molecule has 8 nitrogen and oxygen atoms in total. The van der Waals surface area contributed by atoms with Crippen molar-refractivity contribution in [2.75, 3.05) is 0 Å². The standard InChI is InChI=1S/2C25H27N3.C14H10O2.2Co/c2*1-16-10-12-22(18(3)14-16)26-20(5)24-8-7-9-25(28-24)21(6)27-23-13-11-17(2)15-19(23)4;15-13-11-7-3-1-5-9(11)10-6-2-4-8-12(10)14(13)16;;/h2*7-15H,1-6H3;1-8,15-16H;;/p-2. The number of nitrogens with zero attached hydrogens (tertiary/aromatic N) is 6. The van der Waals surface area contributed by atoms with Crippen molar-refractivity contribution in [3.63, 3.8) is 0 Å². The Bertz CT molecular complexity index is 3200. The Morgan fingerprint density at radius 1 is 0.311 bits per heavy atom. The fourth-order valence-corrected chi connectivity index (χ4v) is 8.43. The van der Waals surface area contributed by atoms with E-state index in [4.69, 9.17) is 29.9 Å². The van der Waals surface area contributed by atoms with Gasteiger partial charge in [-0.25, -0.2) is 9.97 Å². The Hall–Kier alpha value is -7.35. The van der Waals surface area contributed by atoms with Crippen LogP contribution in [0.15, 0.2) is 178 Å². The number of rotatable bonds is 8. The zero-order valence-electron chi connectivity index (χ0n) is 44.2. The molecule has 9 rings (SSSR count). The molecule has 0 fully saturated rings. The summed E-state index contributed by atoms with van der Waals surface area (Å²) in [5, 5.41) is 26.4. The molecule has 0 spiro atoms. The topological polar surface area (TPSA) is 121 Å². The Kier molecular flexibility index (Phi) is 20.3. The molecule has 380 valence electrons. The number of fused-ring (bicyclic) bond motifs is 3. The zero-order valence-corrected chi connectivity index (χ0v) is 46.3. The van der Waals surface area contributed by atoms with Gasteiger partial charge in [0.1, 0.15) is 0 Å². The van der Waals surface area contributed by atoms with Crippen molar-refractivity contribution in [3.05, 3.63) is 225 Å². The summed E-state index contributed by atoms with van der Waals surface area (Å²) >= 11 is 0. The van der Waals surface area contributed by atoms with E-state index < -0.39 is 11.5 Å². The molecule has 0 bridgehead atoms. The molecule has 0 N–H and O–H groups in total. The maximum Gasteiger partial charge on any atom is 0.0849 e. The molecule has 0 aliphatic heterocycles. The summed E-state index contributed by atoms with van der Waals surface area (Å²) in [6.07, 6.45) is 0. The van der Waals surface area contributed by atoms with Crippen molar-refractivity contribution < 1.29 is 43.8 Å². The molecule has 0 aliphatic rings. The number of benzene rings is 7. The molecule has 0 saturated heterocycles. The van der Waals surface area contributed by atoms with Gasteiger partial charge in [-0.1, -0.05) is 131 Å². The molecule has 2 heterocycles. The Labute approximate surface area is 457 Å². The molecule has 74 heavy (non-hydrogen) atoms. The van der Waals surface area contributed by atoms with Crippen molar-refractivity contribution in [1.29, 1.82) is 0 Å². The van der Waals surface area contributed by atoms with Crippen LogP contribution in [-0.2, 0) is 33.6 Å². The molecule has 0 saturated carbocycles. The molecule has 7 aromatic carbocycles. The zero-order chi connectivity index (χ0) is 51.6. The quantitative estimate of drug-likeness (QED) is 0.111. The average Bonchev–Trinajstić information content (AvgIpc) is 3.37. The smallest absolute Gasteiger partial charge is 0.0849 e. The first-order valence-corrected chi connectivity index (χ1v) is 24.2. The van der Waals surface area contributed by atoms with E-state index in [9.17, 15) is 10.2 Å². The van der Waals surface area contributed by atoms with Crippen molar-refractivity contribution in [1.82, 2.24) is 9.97 Å². The summed E-state index contributed by atoms with van der Waals surface area (Å²) in [4.78, 5) is 28.8. The maximum atomic E-state index is 11.8. The maximum absolute atomic E-state index is 11.8. The molecule has 2 aromatic heterocycles. The monoisotopic (exact) mass is 1060 g/mol. The summed E-state index contributed by atoms with van der Waals surface area (Å²) < 4.78 is 0. The Morgan fingerprint density at radius 3 is 0.770 bits per heavy atom. The van der Waals surface area contributed by atoms with E-state index in [1.165, 1.54) is 44.5 Å². The molecule has 0 aliphatic carbocycles. The fraction of sp³-hybridized carbons (Fsp3) is 0.188. The third kappa shape index (κ3) is 14.4. The average molecular weight is 1070 g/mol. The van der Waals surface area contributed by atoms with Crippen LogP contribution in [0.5, 0.6) is 11.5 Å². The van der Waals surface area contributed by atoms with Crippen molar-refractivity contribution in [2.24, 2.45) is 20.0 Å². The van der Waals surface area contributed by atoms with Gasteiger partial charge in [-0.3, -0.25) is 20.0 Å². The molecule has 2 radical (unpaired) electrons. The third-order valence-corrected chi connectivity index (χ3v) is 12.4. The number of aliphatic imine (C=N–C) groups is 4. The minimum Gasteiger partial charge on any atom is -0.872 e. The summed E-state index contributed by atoms with van der Waals surface area (Å²) in [7, 11) is 0. The Morgan fingerprint density at radius 2 is 0.541 bits per heavy atom. The first kappa shape index (κ1) is 57.6. The molecule has 10 heteroatoms. The van der Waals surface area contributed by atoms with Crippen LogP contribution in [0.3, 0.4) is 0 Å². The van der Waals surface area contributed by atoms with Gasteiger partial charge in [0.05, 0.1) is 68.4 Å². The van der Waals surface area contributed by atoms with Crippen LogP contribution in [0.1, 0.15) is 95.0 Å².